The van der Waals surface area contributed by atoms with Crippen molar-refractivity contribution in [3.8, 4) is 0 Å². The molecule has 1 unspecified atom stereocenters. The van der Waals surface area contributed by atoms with Gasteiger partial charge in [0.05, 0.1) is 0 Å². The van der Waals surface area contributed by atoms with Gasteiger partial charge in [0.15, 0.2) is 5.30 Å². The fourth-order valence-corrected chi connectivity index (χ4v) is 1.34. The zero-order valence-electron chi connectivity index (χ0n) is 6.57. The second-order valence-electron chi connectivity index (χ2n) is 2.04. The minimum Gasteiger partial charge on any atom is -0.591 e. The van der Waals surface area contributed by atoms with Gasteiger partial charge in [0.2, 0.25) is 0 Å². The molecule has 1 rings (SSSR count). The van der Waals surface area contributed by atoms with Gasteiger partial charge in [0.25, 0.3) is 0 Å². The quantitative estimate of drug-likeness (QED) is 0.358. The molecule has 0 radical (unpaired) electrons. The molecule has 0 aliphatic heterocycles. The monoisotopic (exact) mass is 177 g/mol. The second-order valence-corrected chi connectivity index (χ2v) is 3.04. The first-order chi connectivity index (χ1) is 4.72. The van der Waals surface area contributed by atoms with Crippen LogP contribution in [0, 0.1) is 6.92 Å². The van der Waals surface area contributed by atoms with E-state index in [0.717, 1.165) is 5.56 Å². The summed E-state index contributed by atoms with van der Waals surface area (Å²) >= 11 is 0. The van der Waals surface area contributed by atoms with Gasteiger partial charge in [-0.05, 0) is 13.0 Å². The Balaban J connectivity index is 0.000001000. The van der Waals surface area contributed by atoms with E-state index in [4.69, 9.17) is 0 Å². The fourth-order valence-electron chi connectivity index (χ4n) is 0.768. The van der Waals surface area contributed by atoms with Crippen LogP contribution in [0.4, 0.5) is 0 Å². The van der Waals surface area contributed by atoms with Crippen LogP contribution >= 0.6 is 8.03 Å². The van der Waals surface area contributed by atoms with Gasteiger partial charge < -0.3 is 4.89 Å². The van der Waals surface area contributed by atoms with Crippen molar-refractivity contribution in [3.63, 3.8) is 0 Å². The molecule has 1 aromatic carbocycles. The Labute approximate surface area is 88.8 Å². The first-order valence-electron chi connectivity index (χ1n) is 2.92. The molecule has 0 bridgehead atoms. The van der Waals surface area contributed by atoms with Crippen LogP contribution in [0.5, 0.6) is 0 Å². The Morgan fingerprint density at radius 3 is 2.27 bits per heavy atom. The summed E-state index contributed by atoms with van der Waals surface area (Å²) in [4.78, 5) is 10.5. The molecule has 11 heavy (non-hydrogen) atoms. The van der Waals surface area contributed by atoms with Crippen molar-refractivity contribution < 1.29 is 39.0 Å². The van der Waals surface area contributed by atoms with Gasteiger partial charge in [-0.1, -0.05) is 22.8 Å². The van der Waals surface area contributed by atoms with E-state index in [-0.39, 0.29) is 29.6 Å². The molecule has 0 aliphatic carbocycles. The van der Waals surface area contributed by atoms with Crippen LogP contribution < -0.4 is 39.8 Å². The predicted octanol–water partition coefficient (Wildman–Crippen LogP) is -2.27. The van der Waals surface area contributed by atoms with Crippen LogP contribution in [0.2, 0.25) is 0 Å². The molecule has 0 saturated heterocycles. The van der Waals surface area contributed by atoms with Gasteiger partial charge in [-0.15, -0.1) is 0 Å². The Morgan fingerprint density at radius 2 is 1.91 bits per heavy atom. The van der Waals surface area contributed by atoms with Crippen LogP contribution in [-0.2, 0) is 4.57 Å². The maximum absolute atomic E-state index is 10.5. The Hall–Kier alpha value is 0.280. The van der Waals surface area contributed by atoms with Gasteiger partial charge in [0.1, 0.15) is 0 Å². The number of rotatable bonds is 1. The van der Waals surface area contributed by atoms with Crippen LogP contribution in [0.1, 0.15) is 5.56 Å². The zero-order valence-corrected chi connectivity index (χ0v) is 9.47. The SMILES string of the molecule is Cc1ccccc1[P+](=O)[O-].[Na+]. The second kappa shape index (κ2) is 5.02. The van der Waals surface area contributed by atoms with E-state index < -0.39 is 8.03 Å². The average molecular weight is 177 g/mol. The van der Waals surface area contributed by atoms with E-state index in [1.165, 1.54) is 0 Å². The summed E-state index contributed by atoms with van der Waals surface area (Å²) in [6.07, 6.45) is 0. The van der Waals surface area contributed by atoms with Crippen molar-refractivity contribution >= 4 is 13.3 Å². The van der Waals surface area contributed by atoms with Crippen molar-refractivity contribution in [2.45, 2.75) is 6.92 Å². The molecular weight excluding hydrogens is 170 g/mol. The maximum atomic E-state index is 10.5. The molecule has 0 spiro atoms. The van der Waals surface area contributed by atoms with Crippen LogP contribution in [-0.4, -0.2) is 0 Å². The minimum absolute atomic E-state index is 0. The minimum atomic E-state index is -2.42. The van der Waals surface area contributed by atoms with Gasteiger partial charge in [0, 0.05) is 5.56 Å². The molecule has 0 aliphatic rings. The molecule has 0 aromatic heterocycles. The van der Waals surface area contributed by atoms with Gasteiger partial charge in [-0.3, -0.25) is 0 Å². The standard InChI is InChI=1S/C7H7O2P.Na/c1-6-4-2-3-5-7(6)10(8)9;/h2-5H,1H3;/q;+1. The molecule has 0 fully saturated rings. The van der Waals surface area contributed by atoms with Crippen molar-refractivity contribution in [1.29, 1.82) is 0 Å². The first kappa shape index (κ1) is 11.3. The number of hydrogen-bond donors (Lipinski definition) is 0. The molecule has 4 heteroatoms. The molecule has 0 N–H and O–H groups in total. The van der Waals surface area contributed by atoms with Crippen molar-refractivity contribution in [3.05, 3.63) is 29.8 Å². The van der Waals surface area contributed by atoms with E-state index >= 15 is 0 Å². The summed E-state index contributed by atoms with van der Waals surface area (Å²) in [5, 5.41) is 0.414. The van der Waals surface area contributed by atoms with E-state index in [0.29, 0.717) is 5.30 Å². The third kappa shape index (κ3) is 3.02. The van der Waals surface area contributed by atoms with Gasteiger partial charge in [-0.25, -0.2) is 0 Å². The summed E-state index contributed by atoms with van der Waals surface area (Å²) in [5.74, 6) is 0. The normalized spacial score (nSPS) is 10.2. The molecule has 0 saturated carbocycles. The summed E-state index contributed by atoms with van der Waals surface area (Å²) in [5.41, 5.74) is 0.804. The van der Waals surface area contributed by atoms with Crippen molar-refractivity contribution in [1.82, 2.24) is 0 Å². The predicted molar refractivity (Wildman–Crippen MR) is 38.4 cm³/mol. The van der Waals surface area contributed by atoms with E-state index in [2.05, 4.69) is 0 Å². The molecule has 2 nitrogen and oxygen atoms in total. The molecular formula is C7H7NaO2P+. The third-order valence-corrected chi connectivity index (χ3v) is 2.21. The number of benzene rings is 1. The number of aryl methyl sites for hydroxylation is 1. The van der Waals surface area contributed by atoms with Gasteiger partial charge >= 0.3 is 37.6 Å². The molecule has 0 amide bonds. The summed E-state index contributed by atoms with van der Waals surface area (Å²) in [6.45, 7) is 1.78. The van der Waals surface area contributed by atoms with Gasteiger partial charge in [-0.2, -0.15) is 0 Å². The van der Waals surface area contributed by atoms with Crippen molar-refractivity contribution in [2.75, 3.05) is 0 Å². The zero-order chi connectivity index (χ0) is 7.56. The smallest absolute Gasteiger partial charge is 0.591 e. The maximum Gasteiger partial charge on any atom is 1.00 e. The largest absolute Gasteiger partial charge is 1.00 e. The van der Waals surface area contributed by atoms with Crippen molar-refractivity contribution in [2.24, 2.45) is 0 Å². The summed E-state index contributed by atoms with van der Waals surface area (Å²) in [7, 11) is -2.42. The average Bonchev–Trinajstić information content (AvgIpc) is 1.88. The molecule has 0 heterocycles. The molecule has 1 atom stereocenters. The van der Waals surface area contributed by atoms with E-state index in [9.17, 15) is 9.46 Å². The van der Waals surface area contributed by atoms with Crippen LogP contribution in [0.3, 0.4) is 0 Å². The molecule has 52 valence electrons. The Bertz CT molecular complexity index is 262. The Kier molecular flexibility index (Phi) is 5.15. The topological polar surface area (TPSA) is 40.1 Å². The van der Waals surface area contributed by atoms with E-state index in [1.807, 2.05) is 6.07 Å². The number of hydrogen-bond acceptors (Lipinski definition) is 2. The first-order valence-corrected chi connectivity index (χ1v) is 4.09. The van der Waals surface area contributed by atoms with Crippen LogP contribution in [0.15, 0.2) is 24.3 Å². The molecule has 1 aromatic rings. The Morgan fingerprint density at radius 1 is 1.36 bits per heavy atom. The van der Waals surface area contributed by atoms with E-state index in [1.54, 1.807) is 25.1 Å². The summed E-state index contributed by atoms with van der Waals surface area (Å²) in [6, 6.07) is 6.91. The van der Waals surface area contributed by atoms with Crippen LogP contribution in [0.25, 0.3) is 0 Å². The fraction of sp³-hybridized carbons (Fsp3) is 0.143. The summed E-state index contributed by atoms with van der Waals surface area (Å²) < 4.78 is 10.5. The third-order valence-electron chi connectivity index (χ3n) is 1.31.